The van der Waals surface area contributed by atoms with E-state index in [9.17, 15) is 4.79 Å². The fourth-order valence-electron chi connectivity index (χ4n) is 2.02. The molecule has 1 atom stereocenters. The third kappa shape index (κ3) is 5.26. The third-order valence-corrected chi connectivity index (χ3v) is 3.64. The Balaban J connectivity index is 2.26. The molecule has 0 aliphatic carbocycles. The summed E-state index contributed by atoms with van der Waals surface area (Å²) in [5, 5.41) is 0. The van der Waals surface area contributed by atoms with Crippen LogP contribution >= 0.6 is 15.9 Å². The van der Waals surface area contributed by atoms with Crippen molar-refractivity contribution in [1.29, 1.82) is 0 Å². The number of rotatable bonds is 4. The van der Waals surface area contributed by atoms with Crippen molar-refractivity contribution < 1.29 is 9.53 Å². The highest BCUT2D eigenvalue weighted by Crippen LogP contribution is 2.22. The highest BCUT2D eigenvalue weighted by molar-refractivity contribution is 9.10. The Labute approximate surface area is 150 Å². The van der Waals surface area contributed by atoms with Crippen LogP contribution in [-0.2, 0) is 11.3 Å². The lowest BCUT2D eigenvalue weighted by atomic mass is 10.2. The van der Waals surface area contributed by atoms with Gasteiger partial charge in [-0.3, -0.25) is 9.88 Å². The van der Waals surface area contributed by atoms with Crippen molar-refractivity contribution in [2.45, 2.75) is 45.9 Å². The Kier molecular flexibility index (Phi) is 5.88. The lowest BCUT2D eigenvalue weighted by molar-refractivity contribution is 0.0142. The van der Waals surface area contributed by atoms with Gasteiger partial charge < -0.3 is 4.74 Å². The molecule has 0 aliphatic heterocycles. The SMILES string of the molecule is C[C@H](c1ncccn1)N(Cc1ccc(Br)cn1)C(=O)OC(C)(C)C. The Morgan fingerprint density at radius 3 is 2.46 bits per heavy atom. The Bertz CT molecular complexity index is 671. The van der Waals surface area contributed by atoms with Crippen molar-refractivity contribution >= 4 is 22.0 Å². The molecular weight excluding hydrogens is 372 g/mol. The van der Waals surface area contributed by atoms with E-state index in [4.69, 9.17) is 4.74 Å². The maximum Gasteiger partial charge on any atom is 0.411 e. The van der Waals surface area contributed by atoms with Gasteiger partial charge in [-0.15, -0.1) is 0 Å². The van der Waals surface area contributed by atoms with Crippen molar-refractivity contribution in [1.82, 2.24) is 19.9 Å². The first-order chi connectivity index (χ1) is 11.3. The predicted octanol–water partition coefficient (Wildman–Crippen LogP) is 4.13. The van der Waals surface area contributed by atoms with E-state index in [1.54, 1.807) is 29.6 Å². The van der Waals surface area contributed by atoms with Crippen molar-refractivity contribution in [3.63, 3.8) is 0 Å². The van der Waals surface area contributed by atoms with Gasteiger partial charge in [0.15, 0.2) is 5.82 Å². The second-order valence-corrected chi connectivity index (χ2v) is 7.27. The van der Waals surface area contributed by atoms with E-state index < -0.39 is 11.7 Å². The number of carbonyl (C=O) groups excluding carboxylic acids is 1. The second kappa shape index (κ2) is 7.70. The van der Waals surface area contributed by atoms with Gasteiger partial charge in [-0.2, -0.15) is 0 Å². The molecule has 0 radical (unpaired) electrons. The van der Waals surface area contributed by atoms with Crippen molar-refractivity contribution in [3.8, 4) is 0 Å². The highest BCUT2D eigenvalue weighted by atomic mass is 79.9. The molecule has 2 rings (SSSR count). The fraction of sp³-hybridized carbons (Fsp3) is 0.412. The van der Waals surface area contributed by atoms with Gasteiger partial charge in [0.05, 0.1) is 18.3 Å². The molecule has 0 aliphatic rings. The summed E-state index contributed by atoms with van der Waals surface area (Å²) in [5.74, 6) is 0.556. The molecule has 0 spiro atoms. The van der Waals surface area contributed by atoms with Crippen molar-refractivity contribution in [2.75, 3.05) is 0 Å². The minimum absolute atomic E-state index is 0.307. The van der Waals surface area contributed by atoms with E-state index in [0.29, 0.717) is 12.4 Å². The number of hydrogen-bond donors (Lipinski definition) is 0. The van der Waals surface area contributed by atoms with Gasteiger partial charge in [-0.1, -0.05) is 0 Å². The van der Waals surface area contributed by atoms with Crippen molar-refractivity contribution in [3.05, 3.63) is 52.8 Å². The molecule has 2 heterocycles. The van der Waals surface area contributed by atoms with E-state index in [-0.39, 0.29) is 6.04 Å². The molecule has 24 heavy (non-hydrogen) atoms. The van der Waals surface area contributed by atoms with Gasteiger partial charge in [0, 0.05) is 23.1 Å². The summed E-state index contributed by atoms with van der Waals surface area (Å²) in [6.07, 6.45) is 4.59. The number of nitrogens with zero attached hydrogens (tertiary/aromatic N) is 4. The number of hydrogen-bond acceptors (Lipinski definition) is 5. The first-order valence-corrected chi connectivity index (χ1v) is 8.42. The largest absolute Gasteiger partial charge is 0.444 e. The smallest absolute Gasteiger partial charge is 0.411 e. The Morgan fingerprint density at radius 1 is 1.25 bits per heavy atom. The minimum Gasteiger partial charge on any atom is -0.444 e. The maximum atomic E-state index is 12.7. The summed E-state index contributed by atoms with van der Waals surface area (Å²) < 4.78 is 6.42. The van der Waals surface area contributed by atoms with Crippen LogP contribution in [0.15, 0.2) is 41.3 Å². The lowest BCUT2D eigenvalue weighted by Crippen LogP contribution is -2.38. The molecule has 0 N–H and O–H groups in total. The molecule has 2 aromatic rings. The zero-order chi connectivity index (χ0) is 17.7. The lowest BCUT2D eigenvalue weighted by Gasteiger charge is -2.30. The zero-order valence-electron chi connectivity index (χ0n) is 14.2. The van der Waals surface area contributed by atoms with E-state index >= 15 is 0 Å². The number of ether oxygens (including phenoxy) is 1. The fourth-order valence-corrected chi connectivity index (χ4v) is 2.25. The van der Waals surface area contributed by atoms with Crippen LogP contribution in [0.2, 0.25) is 0 Å². The van der Waals surface area contributed by atoms with E-state index in [1.807, 2.05) is 39.8 Å². The summed E-state index contributed by atoms with van der Waals surface area (Å²) >= 11 is 3.36. The Hall–Kier alpha value is -2.02. The molecule has 2 aromatic heterocycles. The average molecular weight is 393 g/mol. The number of amides is 1. The summed E-state index contributed by atoms with van der Waals surface area (Å²) in [6.45, 7) is 7.69. The maximum absolute atomic E-state index is 12.7. The zero-order valence-corrected chi connectivity index (χ0v) is 15.8. The summed E-state index contributed by atoms with van der Waals surface area (Å²) in [6, 6.07) is 5.15. The van der Waals surface area contributed by atoms with Crippen LogP contribution in [0.1, 0.15) is 45.3 Å². The first-order valence-electron chi connectivity index (χ1n) is 7.63. The standard InChI is InChI=1S/C17H21BrN4O2/c1-12(15-19-8-5-9-20-15)22(16(23)24-17(2,3)4)11-14-7-6-13(18)10-21-14/h5-10,12H,11H2,1-4H3/t12-/m1/s1. The molecule has 6 nitrogen and oxygen atoms in total. The van der Waals surface area contributed by atoms with E-state index in [0.717, 1.165) is 10.2 Å². The van der Waals surface area contributed by atoms with Gasteiger partial charge in [-0.05, 0) is 61.8 Å². The topological polar surface area (TPSA) is 68.2 Å². The third-order valence-electron chi connectivity index (χ3n) is 3.18. The highest BCUT2D eigenvalue weighted by Gasteiger charge is 2.28. The summed E-state index contributed by atoms with van der Waals surface area (Å²) in [4.78, 5) is 27.1. The van der Waals surface area contributed by atoms with Crippen LogP contribution in [0.5, 0.6) is 0 Å². The first kappa shape index (κ1) is 18.3. The average Bonchev–Trinajstić information content (AvgIpc) is 2.53. The second-order valence-electron chi connectivity index (χ2n) is 6.36. The van der Waals surface area contributed by atoms with Crippen LogP contribution in [0, 0.1) is 0 Å². The van der Waals surface area contributed by atoms with Crippen LogP contribution in [0.4, 0.5) is 4.79 Å². The molecule has 0 aromatic carbocycles. The van der Waals surface area contributed by atoms with Gasteiger partial charge in [-0.25, -0.2) is 14.8 Å². The number of carbonyl (C=O) groups is 1. The van der Waals surface area contributed by atoms with Gasteiger partial charge >= 0.3 is 6.09 Å². The van der Waals surface area contributed by atoms with Crippen LogP contribution in [0.25, 0.3) is 0 Å². The summed E-state index contributed by atoms with van der Waals surface area (Å²) in [7, 11) is 0. The molecule has 0 fully saturated rings. The molecule has 7 heteroatoms. The van der Waals surface area contributed by atoms with E-state index in [1.165, 1.54) is 0 Å². The van der Waals surface area contributed by atoms with Gasteiger partial charge in [0.1, 0.15) is 5.60 Å². The van der Waals surface area contributed by atoms with Gasteiger partial charge in [0.2, 0.25) is 0 Å². The molecule has 0 bridgehead atoms. The molecule has 0 saturated heterocycles. The van der Waals surface area contributed by atoms with Crippen LogP contribution in [-0.4, -0.2) is 31.5 Å². The molecule has 0 saturated carbocycles. The van der Waals surface area contributed by atoms with Crippen molar-refractivity contribution in [2.24, 2.45) is 0 Å². The van der Waals surface area contributed by atoms with Crippen LogP contribution < -0.4 is 0 Å². The molecular formula is C17H21BrN4O2. The number of aromatic nitrogens is 3. The van der Waals surface area contributed by atoms with Gasteiger partial charge in [0.25, 0.3) is 0 Å². The normalized spacial score (nSPS) is 12.5. The number of pyridine rings is 1. The van der Waals surface area contributed by atoms with Crippen LogP contribution in [0.3, 0.4) is 0 Å². The predicted molar refractivity (Wildman–Crippen MR) is 94.2 cm³/mol. The minimum atomic E-state index is -0.584. The molecule has 128 valence electrons. The van der Waals surface area contributed by atoms with E-state index in [2.05, 4.69) is 30.9 Å². The molecule has 1 amide bonds. The monoisotopic (exact) mass is 392 g/mol. The number of halogens is 1. The quantitative estimate of drug-likeness (QED) is 0.781. The Morgan fingerprint density at radius 2 is 1.92 bits per heavy atom. The molecule has 0 unspecified atom stereocenters. The summed E-state index contributed by atoms with van der Waals surface area (Å²) in [5.41, 5.74) is 0.173.